The first-order valence-electron chi connectivity index (χ1n) is 4.31. The third-order valence-electron chi connectivity index (χ3n) is 1.94. The van der Waals surface area contributed by atoms with Crippen LogP contribution in [-0.2, 0) is 0 Å². The number of H-pyrrole nitrogens is 1. The Morgan fingerprint density at radius 1 is 1.00 bits per heavy atom. The standard InChI is InChI=1S/C11H7Cl2NS/c12-8-4-7(5-9(13)6-8)10-2-1-3-11(15)14-10/h1-6H,(H,14,15). The molecule has 0 saturated carbocycles. The Kier molecular flexibility index (Phi) is 3.10. The molecule has 0 bridgehead atoms. The van der Waals surface area contributed by atoms with Crippen LogP contribution < -0.4 is 0 Å². The van der Waals surface area contributed by atoms with Gasteiger partial charge < -0.3 is 4.98 Å². The van der Waals surface area contributed by atoms with Gasteiger partial charge in [-0.2, -0.15) is 0 Å². The maximum atomic E-state index is 5.92. The Hall–Kier alpha value is -0.830. The van der Waals surface area contributed by atoms with E-state index in [1.165, 1.54) is 0 Å². The summed E-state index contributed by atoms with van der Waals surface area (Å²) in [6, 6.07) is 11.0. The Bertz CT molecular complexity index is 528. The Labute approximate surface area is 103 Å². The topological polar surface area (TPSA) is 15.8 Å². The third-order valence-corrected chi connectivity index (χ3v) is 2.62. The van der Waals surface area contributed by atoms with Crippen molar-refractivity contribution in [3.05, 3.63) is 51.1 Å². The summed E-state index contributed by atoms with van der Waals surface area (Å²) in [5, 5.41) is 1.22. The lowest BCUT2D eigenvalue weighted by molar-refractivity contribution is 1.30. The van der Waals surface area contributed by atoms with Crippen molar-refractivity contribution in [2.24, 2.45) is 0 Å². The molecule has 1 aromatic carbocycles. The van der Waals surface area contributed by atoms with E-state index in [1.54, 1.807) is 6.07 Å². The number of hydrogen-bond donors (Lipinski definition) is 1. The van der Waals surface area contributed by atoms with E-state index in [1.807, 2.05) is 30.3 Å². The summed E-state index contributed by atoms with van der Waals surface area (Å²) in [6.07, 6.45) is 0. The Morgan fingerprint density at radius 2 is 1.67 bits per heavy atom. The van der Waals surface area contributed by atoms with Gasteiger partial charge in [0.1, 0.15) is 4.64 Å². The van der Waals surface area contributed by atoms with E-state index >= 15 is 0 Å². The van der Waals surface area contributed by atoms with Crippen LogP contribution in [0.2, 0.25) is 10.0 Å². The van der Waals surface area contributed by atoms with Crippen LogP contribution in [0.4, 0.5) is 0 Å². The largest absolute Gasteiger partial charge is 0.346 e. The third kappa shape index (κ3) is 2.59. The summed E-state index contributed by atoms with van der Waals surface area (Å²) >= 11 is 16.9. The van der Waals surface area contributed by atoms with Gasteiger partial charge in [0.25, 0.3) is 0 Å². The Balaban J connectivity index is 2.58. The minimum atomic E-state index is 0.612. The van der Waals surface area contributed by atoms with Gasteiger partial charge in [0.05, 0.1) is 0 Å². The highest BCUT2D eigenvalue weighted by molar-refractivity contribution is 7.71. The van der Waals surface area contributed by atoms with E-state index in [0.29, 0.717) is 14.7 Å². The summed E-state index contributed by atoms with van der Waals surface area (Å²) in [5.41, 5.74) is 1.84. The number of aromatic nitrogens is 1. The molecule has 76 valence electrons. The molecule has 0 aliphatic rings. The first-order valence-corrected chi connectivity index (χ1v) is 5.47. The number of pyridine rings is 1. The van der Waals surface area contributed by atoms with Crippen molar-refractivity contribution >= 4 is 35.4 Å². The summed E-state index contributed by atoms with van der Waals surface area (Å²) in [5.74, 6) is 0. The van der Waals surface area contributed by atoms with Crippen LogP contribution in [0.25, 0.3) is 11.3 Å². The molecule has 0 unspecified atom stereocenters. The van der Waals surface area contributed by atoms with Crippen molar-refractivity contribution in [1.29, 1.82) is 0 Å². The molecule has 0 spiro atoms. The van der Waals surface area contributed by atoms with Crippen LogP contribution in [-0.4, -0.2) is 4.98 Å². The molecule has 4 heteroatoms. The van der Waals surface area contributed by atoms with E-state index in [2.05, 4.69) is 4.98 Å². The van der Waals surface area contributed by atoms with E-state index in [9.17, 15) is 0 Å². The minimum absolute atomic E-state index is 0.612. The normalized spacial score (nSPS) is 10.3. The molecule has 0 fully saturated rings. The molecule has 2 rings (SSSR count). The van der Waals surface area contributed by atoms with Gasteiger partial charge in [-0.25, -0.2) is 0 Å². The molecule has 1 nitrogen and oxygen atoms in total. The predicted octanol–water partition coefficient (Wildman–Crippen LogP) is 4.72. The molecule has 15 heavy (non-hydrogen) atoms. The fourth-order valence-corrected chi connectivity index (χ4v) is 2.04. The number of nitrogens with one attached hydrogen (secondary N) is 1. The lowest BCUT2D eigenvalue weighted by atomic mass is 10.1. The maximum absolute atomic E-state index is 5.92. The van der Waals surface area contributed by atoms with Crippen molar-refractivity contribution in [3.8, 4) is 11.3 Å². The first kappa shape index (κ1) is 10.7. The van der Waals surface area contributed by atoms with Gasteiger partial charge in [0.2, 0.25) is 0 Å². The fraction of sp³-hybridized carbons (Fsp3) is 0. The van der Waals surface area contributed by atoms with Crippen molar-refractivity contribution in [2.45, 2.75) is 0 Å². The van der Waals surface area contributed by atoms with Crippen LogP contribution >= 0.6 is 35.4 Å². The van der Waals surface area contributed by atoms with E-state index < -0.39 is 0 Å². The van der Waals surface area contributed by atoms with Crippen LogP contribution in [0.1, 0.15) is 0 Å². The van der Waals surface area contributed by atoms with Gasteiger partial charge >= 0.3 is 0 Å². The number of aromatic amines is 1. The SMILES string of the molecule is S=c1cccc(-c2cc(Cl)cc(Cl)c2)[nH]1. The van der Waals surface area contributed by atoms with Crippen molar-refractivity contribution in [2.75, 3.05) is 0 Å². The predicted molar refractivity (Wildman–Crippen MR) is 67.1 cm³/mol. The zero-order valence-electron chi connectivity index (χ0n) is 7.63. The average Bonchev–Trinajstić information content (AvgIpc) is 2.16. The molecule has 1 N–H and O–H groups in total. The molecule has 0 radical (unpaired) electrons. The van der Waals surface area contributed by atoms with Gasteiger partial charge in [0.15, 0.2) is 0 Å². The molecule has 0 aliphatic carbocycles. The van der Waals surface area contributed by atoms with Gasteiger partial charge in [-0.15, -0.1) is 0 Å². The molecule has 1 aromatic heterocycles. The summed E-state index contributed by atoms with van der Waals surface area (Å²) in [4.78, 5) is 3.08. The molecule has 1 heterocycles. The summed E-state index contributed by atoms with van der Waals surface area (Å²) in [7, 11) is 0. The number of rotatable bonds is 1. The van der Waals surface area contributed by atoms with E-state index in [4.69, 9.17) is 35.4 Å². The minimum Gasteiger partial charge on any atom is -0.346 e. The maximum Gasteiger partial charge on any atom is 0.103 e. The number of halogens is 2. The highest BCUT2D eigenvalue weighted by Gasteiger charge is 2.00. The molecule has 0 amide bonds. The number of hydrogen-bond acceptors (Lipinski definition) is 1. The molecule has 2 aromatic rings. The monoisotopic (exact) mass is 255 g/mol. The molecule has 0 aliphatic heterocycles. The van der Waals surface area contributed by atoms with Crippen molar-refractivity contribution in [3.63, 3.8) is 0 Å². The van der Waals surface area contributed by atoms with Gasteiger partial charge in [0, 0.05) is 21.3 Å². The van der Waals surface area contributed by atoms with Crippen LogP contribution in [0, 0.1) is 4.64 Å². The second-order valence-corrected chi connectivity index (χ2v) is 4.40. The van der Waals surface area contributed by atoms with E-state index in [0.717, 1.165) is 11.3 Å². The zero-order chi connectivity index (χ0) is 10.8. The van der Waals surface area contributed by atoms with Crippen LogP contribution in [0.15, 0.2) is 36.4 Å². The van der Waals surface area contributed by atoms with Gasteiger partial charge in [-0.3, -0.25) is 0 Å². The second kappa shape index (κ2) is 4.35. The Morgan fingerprint density at radius 3 is 2.27 bits per heavy atom. The lowest BCUT2D eigenvalue weighted by Gasteiger charge is -2.03. The number of benzene rings is 1. The van der Waals surface area contributed by atoms with Crippen molar-refractivity contribution < 1.29 is 0 Å². The molecular formula is C11H7Cl2NS. The zero-order valence-corrected chi connectivity index (χ0v) is 9.96. The highest BCUT2D eigenvalue weighted by Crippen LogP contribution is 2.25. The van der Waals surface area contributed by atoms with E-state index in [-0.39, 0.29) is 0 Å². The smallest absolute Gasteiger partial charge is 0.103 e. The van der Waals surface area contributed by atoms with Gasteiger partial charge in [-0.1, -0.05) is 41.5 Å². The first-order chi connectivity index (χ1) is 7.15. The summed E-state index contributed by atoms with van der Waals surface area (Å²) in [6.45, 7) is 0. The average molecular weight is 256 g/mol. The highest BCUT2D eigenvalue weighted by atomic mass is 35.5. The van der Waals surface area contributed by atoms with Crippen LogP contribution in [0.5, 0.6) is 0 Å². The summed E-state index contributed by atoms with van der Waals surface area (Å²) < 4.78 is 0.684. The van der Waals surface area contributed by atoms with Crippen molar-refractivity contribution in [1.82, 2.24) is 4.98 Å². The van der Waals surface area contributed by atoms with Gasteiger partial charge in [-0.05, 0) is 30.3 Å². The fourth-order valence-electron chi connectivity index (χ4n) is 1.33. The molecule has 0 saturated heterocycles. The second-order valence-electron chi connectivity index (χ2n) is 3.09. The lowest BCUT2D eigenvalue weighted by Crippen LogP contribution is -1.83. The quantitative estimate of drug-likeness (QED) is 0.730. The molecular weight excluding hydrogens is 249 g/mol. The molecule has 0 atom stereocenters. The van der Waals surface area contributed by atoms with Crippen LogP contribution in [0.3, 0.4) is 0 Å².